The van der Waals surface area contributed by atoms with E-state index in [1.54, 1.807) is 24.4 Å². The van der Waals surface area contributed by atoms with Gasteiger partial charge in [0.25, 0.3) is 5.91 Å². The molecule has 0 saturated carbocycles. The van der Waals surface area contributed by atoms with E-state index in [1.165, 1.54) is 6.07 Å². The molecule has 38 heavy (non-hydrogen) atoms. The Labute approximate surface area is 227 Å². The Balaban J connectivity index is 1.74. The average molecular weight is 543 g/mol. The maximum atomic E-state index is 13.8. The maximum absolute atomic E-state index is 13.8. The van der Waals surface area contributed by atoms with E-state index in [9.17, 15) is 14.7 Å². The maximum Gasteiger partial charge on any atom is 0.256 e. The van der Waals surface area contributed by atoms with Crippen molar-refractivity contribution in [3.05, 3.63) is 53.3 Å². The topological polar surface area (TPSA) is 98.2 Å². The quantitative estimate of drug-likeness (QED) is 0.323. The zero-order valence-corrected chi connectivity index (χ0v) is 24.7. The molecule has 9 heteroatoms. The molecule has 0 unspecified atom stereocenters. The second-order valence-electron chi connectivity index (χ2n) is 12.0. The average Bonchev–Trinajstić information content (AvgIpc) is 2.83. The Kier molecular flexibility index (Phi) is 9.38. The summed E-state index contributed by atoms with van der Waals surface area (Å²) < 4.78 is 18.2. The molecule has 3 rings (SSSR count). The zero-order chi connectivity index (χ0) is 28.1. The van der Waals surface area contributed by atoms with E-state index in [0.29, 0.717) is 50.2 Å². The standard InChI is InChI=1S/C29H42N2O6Si/c1-28(2,3)38(6,7)37-29(4,5)18-24-22(10-9-14-30-24)27(34)31-15-17-35-20-21(31)13-16-36-26-12-8-11-25(33)23(26)19-32/h8-12,14,19,21,33H,13,15-18,20H2,1-7H3/t21-/m1/s1. The lowest BCUT2D eigenvalue weighted by molar-refractivity contribution is -0.00757. The molecule has 0 radical (unpaired) electrons. The number of aldehydes is 1. The first kappa shape index (κ1) is 29.8. The number of rotatable bonds is 10. The molecule has 8 nitrogen and oxygen atoms in total. The van der Waals surface area contributed by atoms with Crippen LogP contribution in [-0.4, -0.2) is 73.5 Å². The van der Waals surface area contributed by atoms with Gasteiger partial charge in [0.2, 0.25) is 0 Å². The number of morpholine rings is 1. The van der Waals surface area contributed by atoms with Crippen molar-refractivity contribution in [2.75, 3.05) is 26.4 Å². The fourth-order valence-electron chi connectivity index (χ4n) is 4.45. The van der Waals surface area contributed by atoms with Gasteiger partial charge in [-0.1, -0.05) is 26.8 Å². The smallest absolute Gasteiger partial charge is 0.256 e. The molecule has 1 aromatic heterocycles. The van der Waals surface area contributed by atoms with Crippen LogP contribution in [0.1, 0.15) is 67.4 Å². The van der Waals surface area contributed by atoms with Gasteiger partial charge in [0.15, 0.2) is 14.6 Å². The predicted molar refractivity (Wildman–Crippen MR) is 150 cm³/mol. The van der Waals surface area contributed by atoms with E-state index < -0.39 is 13.9 Å². The first-order valence-corrected chi connectivity index (χ1v) is 16.1. The summed E-state index contributed by atoms with van der Waals surface area (Å²) in [5.41, 5.74) is 0.923. The summed E-state index contributed by atoms with van der Waals surface area (Å²) in [7, 11) is -2.03. The highest BCUT2D eigenvalue weighted by Gasteiger charge is 2.42. The minimum absolute atomic E-state index is 0.0705. The number of pyridine rings is 1. The molecule has 0 aliphatic carbocycles. The lowest BCUT2D eigenvalue weighted by Crippen LogP contribution is -2.50. The minimum Gasteiger partial charge on any atom is -0.507 e. The number of phenolic OH excluding ortho intramolecular Hbond substituents is 1. The lowest BCUT2D eigenvalue weighted by atomic mass is 9.98. The first-order chi connectivity index (χ1) is 17.8. The number of phenols is 1. The molecular weight excluding hydrogens is 500 g/mol. The number of hydrogen-bond acceptors (Lipinski definition) is 7. The number of ether oxygens (including phenoxy) is 2. The van der Waals surface area contributed by atoms with Gasteiger partial charge in [-0.05, 0) is 56.2 Å². The highest BCUT2D eigenvalue weighted by Crippen LogP contribution is 2.40. The van der Waals surface area contributed by atoms with Crippen LogP contribution in [0.5, 0.6) is 11.5 Å². The van der Waals surface area contributed by atoms with Gasteiger partial charge >= 0.3 is 0 Å². The molecule has 1 saturated heterocycles. The van der Waals surface area contributed by atoms with Crippen molar-refractivity contribution in [1.29, 1.82) is 0 Å². The molecule has 0 bridgehead atoms. The number of nitrogens with zero attached hydrogens (tertiary/aromatic N) is 2. The highest BCUT2D eigenvalue weighted by molar-refractivity contribution is 6.74. The van der Waals surface area contributed by atoms with Gasteiger partial charge in [-0.2, -0.15) is 0 Å². The van der Waals surface area contributed by atoms with E-state index >= 15 is 0 Å². The van der Waals surface area contributed by atoms with Crippen LogP contribution < -0.4 is 4.74 Å². The third-order valence-electron chi connectivity index (χ3n) is 7.41. The SMILES string of the molecule is CC(C)(Cc1ncccc1C(=O)N1CCOC[C@H]1CCOc1cccc(O)c1C=O)O[Si](C)(C)C(C)(C)C. The van der Waals surface area contributed by atoms with Gasteiger partial charge in [-0.3, -0.25) is 14.6 Å². The number of aromatic nitrogens is 1. The van der Waals surface area contributed by atoms with E-state index in [-0.39, 0.29) is 34.9 Å². The van der Waals surface area contributed by atoms with Gasteiger partial charge in [-0.15, -0.1) is 0 Å². The second-order valence-corrected chi connectivity index (χ2v) is 16.7. The van der Waals surface area contributed by atoms with E-state index in [2.05, 4.69) is 52.7 Å². The Hall–Kier alpha value is -2.75. The van der Waals surface area contributed by atoms with Crippen molar-refractivity contribution in [2.45, 2.75) is 77.2 Å². The van der Waals surface area contributed by atoms with Crippen LogP contribution in [0.4, 0.5) is 0 Å². The zero-order valence-electron chi connectivity index (χ0n) is 23.7. The Morgan fingerprint density at radius 2 is 1.95 bits per heavy atom. The molecule has 208 valence electrons. The summed E-state index contributed by atoms with van der Waals surface area (Å²) in [6.45, 7) is 16.8. The number of amides is 1. The number of hydrogen-bond donors (Lipinski definition) is 1. The van der Waals surface area contributed by atoms with Crippen molar-refractivity contribution in [2.24, 2.45) is 0 Å². The van der Waals surface area contributed by atoms with Crippen LogP contribution in [0.25, 0.3) is 0 Å². The van der Waals surface area contributed by atoms with Gasteiger partial charge in [0.05, 0.1) is 48.3 Å². The third-order valence-corrected chi connectivity index (χ3v) is 12.1. The van der Waals surface area contributed by atoms with Crippen molar-refractivity contribution >= 4 is 20.5 Å². The molecule has 1 aromatic carbocycles. The molecule has 1 aliphatic rings. The molecular formula is C29H42N2O6Si. The van der Waals surface area contributed by atoms with Crippen LogP contribution in [0.2, 0.25) is 18.1 Å². The van der Waals surface area contributed by atoms with Gasteiger partial charge < -0.3 is 23.9 Å². The van der Waals surface area contributed by atoms with Crippen molar-refractivity contribution < 1.29 is 28.6 Å². The van der Waals surface area contributed by atoms with Crippen LogP contribution in [-0.2, 0) is 15.6 Å². The van der Waals surface area contributed by atoms with Crippen molar-refractivity contribution in [3.63, 3.8) is 0 Å². The minimum atomic E-state index is -2.03. The molecule has 2 aromatic rings. The highest BCUT2D eigenvalue weighted by atomic mass is 28.4. The number of carbonyl (C=O) groups excluding carboxylic acids is 2. The largest absolute Gasteiger partial charge is 0.507 e. The van der Waals surface area contributed by atoms with E-state index in [4.69, 9.17) is 13.9 Å². The summed E-state index contributed by atoms with van der Waals surface area (Å²) in [4.78, 5) is 31.6. The van der Waals surface area contributed by atoms with Crippen molar-refractivity contribution in [3.8, 4) is 11.5 Å². The van der Waals surface area contributed by atoms with Gasteiger partial charge in [0, 0.05) is 25.6 Å². The first-order valence-electron chi connectivity index (χ1n) is 13.2. The molecule has 1 atom stereocenters. The summed E-state index contributed by atoms with van der Waals surface area (Å²) in [5, 5.41) is 9.96. The monoisotopic (exact) mass is 542 g/mol. The van der Waals surface area contributed by atoms with Crippen molar-refractivity contribution in [1.82, 2.24) is 9.88 Å². The Morgan fingerprint density at radius 3 is 2.63 bits per heavy atom. The predicted octanol–water partition coefficient (Wildman–Crippen LogP) is 5.25. The molecule has 2 heterocycles. The Bertz CT molecular complexity index is 1130. The third kappa shape index (κ3) is 7.21. The van der Waals surface area contributed by atoms with Crippen LogP contribution in [0.15, 0.2) is 36.5 Å². The fraction of sp³-hybridized carbons (Fsp3) is 0.552. The summed E-state index contributed by atoms with van der Waals surface area (Å²) >= 11 is 0. The summed E-state index contributed by atoms with van der Waals surface area (Å²) in [6.07, 6.45) is 3.32. The molecule has 1 aliphatic heterocycles. The lowest BCUT2D eigenvalue weighted by Gasteiger charge is -2.43. The Morgan fingerprint density at radius 1 is 1.21 bits per heavy atom. The number of benzene rings is 1. The molecule has 0 spiro atoms. The van der Waals surface area contributed by atoms with E-state index in [0.717, 1.165) is 5.69 Å². The molecule has 1 amide bonds. The summed E-state index contributed by atoms with van der Waals surface area (Å²) in [5.74, 6) is 0.100. The normalized spacial score (nSPS) is 16.8. The molecule has 1 N–H and O–H groups in total. The fourth-order valence-corrected chi connectivity index (χ4v) is 6.21. The number of carbonyl (C=O) groups is 2. The van der Waals surface area contributed by atoms with Gasteiger partial charge in [0.1, 0.15) is 11.5 Å². The second kappa shape index (κ2) is 12.0. The van der Waals surface area contributed by atoms with Gasteiger partial charge in [-0.25, -0.2) is 0 Å². The van der Waals surface area contributed by atoms with Crippen LogP contribution >= 0.6 is 0 Å². The van der Waals surface area contributed by atoms with E-state index in [1.807, 2.05) is 11.0 Å². The van der Waals surface area contributed by atoms with Crippen LogP contribution in [0.3, 0.4) is 0 Å². The summed E-state index contributed by atoms with van der Waals surface area (Å²) in [6, 6.07) is 8.13. The molecule has 1 fully saturated rings. The number of aromatic hydroxyl groups is 1. The van der Waals surface area contributed by atoms with Crippen LogP contribution in [0, 0.1) is 0 Å².